The Morgan fingerprint density at radius 3 is 2.29 bits per heavy atom. The summed E-state index contributed by atoms with van der Waals surface area (Å²) in [4.78, 5) is 25.9. The molecule has 3 aliphatic heterocycles. The van der Waals surface area contributed by atoms with E-state index in [9.17, 15) is 9.59 Å². The van der Waals surface area contributed by atoms with Crippen molar-refractivity contribution in [2.24, 2.45) is 22.7 Å². The summed E-state index contributed by atoms with van der Waals surface area (Å²) in [7, 11) is -1.21. The fraction of sp³-hybridized carbons (Fsp3) is 0.765. The summed E-state index contributed by atoms with van der Waals surface area (Å²) >= 11 is 0. The van der Waals surface area contributed by atoms with Crippen LogP contribution in [0.1, 0.15) is 41.5 Å². The number of allylic oxidation sites excluding steroid dienone is 2. The van der Waals surface area contributed by atoms with Crippen LogP contribution in [0.5, 0.6) is 0 Å². The summed E-state index contributed by atoms with van der Waals surface area (Å²) < 4.78 is 0. The number of rotatable bonds is 1. The first-order valence-corrected chi connectivity index (χ1v) is 11.4. The minimum absolute atomic E-state index is 0.0991. The molecule has 0 aromatic carbocycles. The van der Waals surface area contributed by atoms with Crippen LogP contribution in [0.25, 0.3) is 0 Å². The van der Waals surface area contributed by atoms with Crippen LogP contribution in [-0.2, 0) is 9.59 Å². The van der Waals surface area contributed by atoms with Gasteiger partial charge < -0.3 is 0 Å². The van der Waals surface area contributed by atoms with Crippen molar-refractivity contribution >= 4 is 26.5 Å². The third-order valence-corrected chi connectivity index (χ3v) is 16.0. The highest BCUT2D eigenvalue weighted by atomic mass is 32.1. The molecule has 3 heterocycles. The zero-order valence-electron chi connectivity index (χ0n) is 13.7. The van der Waals surface area contributed by atoms with Crippen LogP contribution in [0.3, 0.4) is 0 Å². The lowest BCUT2D eigenvalue weighted by molar-refractivity contribution is -0.120. The molecule has 2 saturated heterocycles. The molecule has 0 aromatic rings. The number of Topliss-reactive ketones (excluding diaryl/α,β-unsaturated/α-hetero) is 1. The van der Waals surface area contributed by atoms with Gasteiger partial charge in [0.05, 0.1) is 11.3 Å². The monoisotopic (exact) mass is 322 g/mol. The first-order valence-electron chi connectivity index (χ1n) is 7.89. The van der Waals surface area contributed by atoms with Crippen LogP contribution >= 0.6 is 15.2 Å². The quantitative estimate of drug-likeness (QED) is 0.530. The van der Waals surface area contributed by atoms with Crippen LogP contribution in [0.2, 0.25) is 0 Å². The van der Waals surface area contributed by atoms with Gasteiger partial charge in [-0.1, -0.05) is 61.3 Å². The highest BCUT2D eigenvalue weighted by Gasteiger charge is 2.88. The number of hydrogen-bond donors (Lipinski definition) is 0. The number of carbonyl (C=O) groups is 2. The Balaban J connectivity index is 1.85. The third-order valence-electron chi connectivity index (χ3n) is 5.91. The second-order valence-corrected chi connectivity index (χ2v) is 15.3. The third kappa shape index (κ3) is 1.39. The molecule has 2 unspecified atom stereocenters. The van der Waals surface area contributed by atoms with E-state index in [4.69, 9.17) is 0 Å². The smallest absolute Gasteiger partial charge is 0.164 e. The molecule has 0 spiro atoms. The zero-order valence-corrected chi connectivity index (χ0v) is 15.5. The first kappa shape index (κ1) is 14.5. The molecule has 1 saturated carbocycles. The van der Waals surface area contributed by atoms with Crippen LogP contribution in [-0.4, -0.2) is 27.8 Å². The molecule has 21 heavy (non-hydrogen) atoms. The molecule has 0 aromatic heterocycles. The molecule has 0 N–H and O–H groups in total. The maximum atomic E-state index is 13.1. The van der Waals surface area contributed by atoms with Crippen molar-refractivity contribution in [2.45, 2.75) is 58.0 Å². The van der Waals surface area contributed by atoms with Gasteiger partial charge in [-0.05, 0) is 17.3 Å². The molecule has 4 heteroatoms. The number of fused-ring (bicyclic) bond motifs is 3. The summed E-state index contributed by atoms with van der Waals surface area (Å²) in [5, 5.41) is 0.299. The van der Waals surface area contributed by atoms with Crippen LogP contribution in [0.15, 0.2) is 12.2 Å². The average Bonchev–Trinajstić information content (AvgIpc) is 2.84. The molecule has 3 fully saturated rings. The van der Waals surface area contributed by atoms with E-state index in [2.05, 4.69) is 32.9 Å². The number of hydrogen-bond acceptors (Lipinski definition) is 2. The molecule has 4 rings (SSSR count). The Labute approximate surface area is 129 Å². The van der Waals surface area contributed by atoms with Gasteiger partial charge in [0.2, 0.25) is 0 Å². The lowest BCUT2D eigenvalue weighted by atomic mass is 9.85. The van der Waals surface area contributed by atoms with E-state index in [1.807, 2.05) is 20.8 Å². The SMILES string of the molecule is CC(C)(C)C(=O)P1[C@@H]2C(=O)[C@@H]3C=C[C@H]4[C@@H]2[C@@]4(C(C)(C)C)P31. The summed E-state index contributed by atoms with van der Waals surface area (Å²) in [6.45, 7) is 13.1. The minimum Gasteiger partial charge on any atom is -0.298 e. The van der Waals surface area contributed by atoms with Crippen molar-refractivity contribution in [3.05, 3.63) is 12.2 Å². The van der Waals surface area contributed by atoms with Crippen LogP contribution in [0.4, 0.5) is 0 Å². The largest absolute Gasteiger partial charge is 0.298 e. The lowest BCUT2D eigenvalue weighted by Gasteiger charge is -2.42. The molecule has 0 amide bonds. The predicted octanol–water partition coefficient (Wildman–Crippen LogP) is 4.37. The first-order chi connectivity index (χ1) is 9.54. The Kier molecular flexibility index (Phi) is 2.56. The summed E-state index contributed by atoms with van der Waals surface area (Å²) in [5.41, 5.74) is 0.534. The Morgan fingerprint density at radius 1 is 1.14 bits per heavy atom. The molecule has 2 nitrogen and oxygen atoms in total. The van der Waals surface area contributed by atoms with Gasteiger partial charge in [-0.25, -0.2) is 0 Å². The van der Waals surface area contributed by atoms with E-state index in [-0.39, 0.29) is 22.1 Å². The molecule has 4 aliphatic rings. The summed E-state index contributed by atoms with van der Waals surface area (Å²) in [6, 6.07) is 0. The van der Waals surface area contributed by atoms with Crippen molar-refractivity contribution in [1.29, 1.82) is 0 Å². The second-order valence-electron chi connectivity index (χ2n) is 9.05. The lowest BCUT2D eigenvalue weighted by Crippen LogP contribution is -2.38. The van der Waals surface area contributed by atoms with Crippen molar-refractivity contribution in [2.75, 3.05) is 0 Å². The van der Waals surface area contributed by atoms with E-state index >= 15 is 0 Å². The van der Waals surface area contributed by atoms with Gasteiger partial charge in [-0.2, -0.15) is 0 Å². The fourth-order valence-corrected chi connectivity index (χ4v) is 18.7. The predicted molar refractivity (Wildman–Crippen MR) is 89.2 cm³/mol. The van der Waals surface area contributed by atoms with Gasteiger partial charge in [-0.3, -0.25) is 9.59 Å². The fourth-order valence-electron chi connectivity index (χ4n) is 5.17. The Hall–Kier alpha value is -0.0600. The normalized spacial score (nSPS) is 49.7. The van der Waals surface area contributed by atoms with Crippen LogP contribution < -0.4 is 0 Å². The summed E-state index contributed by atoms with van der Waals surface area (Å²) in [5.74, 6) is 1.50. The van der Waals surface area contributed by atoms with E-state index in [0.29, 0.717) is 28.3 Å². The van der Waals surface area contributed by atoms with Gasteiger partial charge in [-0.15, -0.1) is 0 Å². The van der Waals surface area contributed by atoms with Crippen molar-refractivity contribution in [3.63, 3.8) is 0 Å². The van der Waals surface area contributed by atoms with Gasteiger partial charge >= 0.3 is 0 Å². The molecule has 114 valence electrons. The maximum Gasteiger partial charge on any atom is 0.164 e. The highest BCUT2D eigenvalue weighted by Crippen LogP contribution is 3.04. The van der Waals surface area contributed by atoms with Gasteiger partial charge in [0.25, 0.3) is 0 Å². The van der Waals surface area contributed by atoms with Crippen molar-refractivity contribution in [3.8, 4) is 0 Å². The standard InChI is InChI=1S/C17H24O2P2/c1-15(2,3)14(19)20-13-11-9-7-8-10(12(13)18)21(20)17(9,11)16(4,5)6/h7-11,13H,1-6H3/t9-,10-,11-,13-,17-,20?,21?/m0/s1. The van der Waals surface area contributed by atoms with Crippen molar-refractivity contribution < 1.29 is 9.59 Å². The molecular weight excluding hydrogens is 298 g/mol. The molecular formula is C17H24O2P2. The zero-order chi connectivity index (χ0) is 15.5. The molecule has 1 aliphatic carbocycles. The van der Waals surface area contributed by atoms with E-state index in [1.165, 1.54) is 0 Å². The molecule has 0 radical (unpaired) electrons. The number of carbonyl (C=O) groups excluding carboxylic acids is 2. The van der Waals surface area contributed by atoms with Crippen molar-refractivity contribution in [1.82, 2.24) is 0 Å². The topological polar surface area (TPSA) is 34.1 Å². The molecule has 7 atom stereocenters. The average molecular weight is 322 g/mol. The van der Waals surface area contributed by atoms with E-state index in [1.54, 1.807) is 0 Å². The Bertz CT molecular complexity index is 595. The molecule has 2 bridgehead atoms. The second kappa shape index (κ2) is 3.70. The Morgan fingerprint density at radius 2 is 1.76 bits per heavy atom. The highest BCUT2D eigenvalue weighted by molar-refractivity contribution is 8.40. The van der Waals surface area contributed by atoms with Gasteiger partial charge in [0, 0.05) is 18.2 Å². The minimum atomic E-state index is -0.737. The van der Waals surface area contributed by atoms with Gasteiger partial charge in [0.1, 0.15) is 0 Å². The van der Waals surface area contributed by atoms with Gasteiger partial charge in [0.15, 0.2) is 11.3 Å². The van der Waals surface area contributed by atoms with E-state index < -0.39 is 15.2 Å². The summed E-state index contributed by atoms with van der Waals surface area (Å²) in [6.07, 6.45) is 4.51. The van der Waals surface area contributed by atoms with Crippen LogP contribution in [0, 0.1) is 22.7 Å². The maximum absolute atomic E-state index is 13.1. The number of ketones is 1. The van der Waals surface area contributed by atoms with E-state index in [0.717, 1.165) is 0 Å².